The van der Waals surface area contributed by atoms with Gasteiger partial charge in [-0.05, 0) is 24.3 Å². The van der Waals surface area contributed by atoms with Crippen LogP contribution in [0.2, 0.25) is 0 Å². The fourth-order valence-electron chi connectivity index (χ4n) is 1.95. The van der Waals surface area contributed by atoms with Crippen molar-refractivity contribution in [3.63, 3.8) is 0 Å². The van der Waals surface area contributed by atoms with E-state index in [9.17, 15) is 15.3 Å². The number of aliphatic hydroxyl groups is 4. The standard InChI is InChI=1S/C13H18O7/c1-18-7-2-4-8(5-3-7)19-13-12(17)11(16)10(15)9(6-14)20-13/h2-5,9-17H,6H2,1H3/t9-,10+,11-,12-,13-/m1/s1. The van der Waals surface area contributed by atoms with E-state index in [-0.39, 0.29) is 0 Å². The summed E-state index contributed by atoms with van der Waals surface area (Å²) in [7, 11) is 1.54. The Morgan fingerprint density at radius 1 is 1.00 bits per heavy atom. The summed E-state index contributed by atoms with van der Waals surface area (Å²) < 4.78 is 15.6. The number of benzene rings is 1. The minimum Gasteiger partial charge on any atom is -0.497 e. The molecular formula is C13H18O7. The van der Waals surface area contributed by atoms with E-state index in [1.54, 1.807) is 24.3 Å². The molecule has 4 N–H and O–H groups in total. The van der Waals surface area contributed by atoms with Gasteiger partial charge in [0.1, 0.15) is 35.9 Å². The molecule has 0 amide bonds. The Morgan fingerprint density at radius 2 is 1.60 bits per heavy atom. The number of aliphatic hydroxyl groups excluding tert-OH is 4. The second kappa shape index (κ2) is 6.38. The molecule has 0 saturated carbocycles. The average Bonchev–Trinajstić information content (AvgIpc) is 2.48. The maximum Gasteiger partial charge on any atom is 0.229 e. The van der Waals surface area contributed by atoms with Crippen LogP contribution < -0.4 is 9.47 Å². The van der Waals surface area contributed by atoms with Crippen LogP contribution in [0.15, 0.2) is 24.3 Å². The molecule has 0 radical (unpaired) electrons. The third kappa shape index (κ3) is 3.02. The predicted molar refractivity (Wildman–Crippen MR) is 67.4 cm³/mol. The second-order valence-electron chi connectivity index (χ2n) is 4.49. The van der Waals surface area contributed by atoms with Gasteiger partial charge in [0, 0.05) is 0 Å². The van der Waals surface area contributed by atoms with Gasteiger partial charge in [-0.15, -0.1) is 0 Å². The van der Waals surface area contributed by atoms with Crippen LogP contribution in [0.3, 0.4) is 0 Å². The van der Waals surface area contributed by atoms with Gasteiger partial charge in [0.05, 0.1) is 13.7 Å². The lowest BCUT2D eigenvalue weighted by Crippen LogP contribution is -2.60. The molecular weight excluding hydrogens is 268 g/mol. The molecule has 7 nitrogen and oxygen atoms in total. The molecule has 1 aliphatic rings. The number of ether oxygens (including phenoxy) is 3. The lowest BCUT2D eigenvalue weighted by Gasteiger charge is -2.39. The van der Waals surface area contributed by atoms with E-state index in [2.05, 4.69) is 0 Å². The van der Waals surface area contributed by atoms with E-state index in [4.69, 9.17) is 19.3 Å². The highest BCUT2D eigenvalue weighted by atomic mass is 16.7. The Kier molecular flexibility index (Phi) is 4.79. The smallest absolute Gasteiger partial charge is 0.229 e. The van der Waals surface area contributed by atoms with Crippen molar-refractivity contribution in [3.8, 4) is 11.5 Å². The van der Waals surface area contributed by atoms with Crippen LogP contribution in [0.4, 0.5) is 0 Å². The summed E-state index contributed by atoms with van der Waals surface area (Å²) in [6, 6.07) is 6.55. The first-order valence-corrected chi connectivity index (χ1v) is 6.18. The van der Waals surface area contributed by atoms with Gasteiger partial charge >= 0.3 is 0 Å². The van der Waals surface area contributed by atoms with Gasteiger partial charge in [-0.1, -0.05) is 0 Å². The molecule has 1 aromatic rings. The Hall–Kier alpha value is -1.38. The van der Waals surface area contributed by atoms with E-state index in [0.717, 1.165) is 0 Å². The number of hydrogen-bond acceptors (Lipinski definition) is 7. The maximum absolute atomic E-state index is 9.82. The maximum atomic E-state index is 9.82. The number of methoxy groups -OCH3 is 1. The van der Waals surface area contributed by atoms with E-state index in [1.165, 1.54) is 7.11 Å². The third-order valence-corrected chi connectivity index (χ3v) is 3.16. The SMILES string of the molecule is COc1ccc(O[C@@H]2O[C@H](CO)[C@H](O)[C@@H](O)[C@H]2O)cc1. The van der Waals surface area contributed by atoms with E-state index >= 15 is 0 Å². The quantitative estimate of drug-likeness (QED) is 0.555. The molecule has 7 heteroatoms. The van der Waals surface area contributed by atoms with Gasteiger partial charge in [-0.25, -0.2) is 0 Å². The molecule has 1 aromatic carbocycles. The zero-order valence-corrected chi connectivity index (χ0v) is 10.9. The molecule has 112 valence electrons. The van der Waals surface area contributed by atoms with Gasteiger partial charge in [0.2, 0.25) is 6.29 Å². The van der Waals surface area contributed by atoms with Crippen LogP contribution in [0.25, 0.3) is 0 Å². The first-order valence-electron chi connectivity index (χ1n) is 6.18. The Morgan fingerprint density at radius 3 is 2.15 bits per heavy atom. The largest absolute Gasteiger partial charge is 0.497 e. The Balaban J connectivity index is 2.06. The van der Waals surface area contributed by atoms with Gasteiger partial charge in [0.15, 0.2) is 0 Å². The fraction of sp³-hybridized carbons (Fsp3) is 0.538. The zero-order valence-electron chi connectivity index (χ0n) is 10.9. The highest BCUT2D eigenvalue weighted by Crippen LogP contribution is 2.25. The molecule has 5 atom stereocenters. The van der Waals surface area contributed by atoms with Gasteiger partial charge < -0.3 is 34.6 Å². The predicted octanol–water partition coefficient (Wildman–Crippen LogP) is -1.13. The summed E-state index contributed by atoms with van der Waals surface area (Å²) in [5, 5.41) is 38.2. The molecule has 2 rings (SSSR count). The molecule has 1 saturated heterocycles. The van der Waals surface area contributed by atoms with Gasteiger partial charge in [0.25, 0.3) is 0 Å². The van der Waals surface area contributed by atoms with Crippen LogP contribution in [0, 0.1) is 0 Å². The molecule has 0 spiro atoms. The number of rotatable bonds is 4. The third-order valence-electron chi connectivity index (χ3n) is 3.16. The molecule has 0 unspecified atom stereocenters. The van der Waals surface area contributed by atoms with E-state index < -0.39 is 37.3 Å². The van der Waals surface area contributed by atoms with Crippen molar-refractivity contribution in [2.45, 2.75) is 30.7 Å². The summed E-state index contributed by atoms with van der Waals surface area (Å²) in [5.41, 5.74) is 0. The van der Waals surface area contributed by atoms with Gasteiger partial charge in [-0.2, -0.15) is 0 Å². The zero-order chi connectivity index (χ0) is 14.7. The van der Waals surface area contributed by atoms with Crippen molar-refractivity contribution >= 4 is 0 Å². The molecule has 0 aromatic heterocycles. The van der Waals surface area contributed by atoms with Gasteiger partial charge in [-0.3, -0.25) is 0 Å². The Bertz CT molecular complexity index is 419. The van der Waals surface area contributed by atoms with Crippen LogP contribution in [0.1, 0.15) is 0 Å². The minimum atomic E-state index is -1.45. The van der Waals surface area contributed by atoms with E-state index in [0.29, 0.717) is 11.5 Å². The molecule has 1 fully saturated rings. The number of hydrogen-bond donors (Lipinski definition) is 4. The van der Waals surface area contributed by atoms with Crippen molar-refractivity contribution in [2.24, 2.45) is 0 Å². The molecule has 0 aliphatic carbocycles. The summed E-state index contributed by atoms with van der Waals surface area (Å²) in [4.78, 5) is 0. The lowest BCUT2D eigenvalue weighted by molar-refractivity contribution is -0.277. The van der Waals surface area contributed by atoms with Crippen LogP contribution in [-0.2, 0) is 4.74 Å². The van der Waals surface area contributed by atoms with E-state index in [1.807, 2.05) is 0 Å². The average molecular weight is 286 g/mol. The first kappa shape index (κ1) is 15.0. The van der Waals surface area contributed by atoms with Crippen LogP contribution >= 0.6 is 0 Å². The minimum absolute atomic E-state index is 0.398. The summed E-state index contributed by atoms with van der Waals surface area (Å²) >= 11 is 0. The highest BCUT2D eigenvalue weighted by molar-refractivity contribution is 5.31. The van der Waals surface area contributed by atoms with Crippen molar-refractivity contribution in [2.75, 3.05) is 13.7 Å². The second-order valence-corrected chi connectivity index (χ2v) is 4.49. The molecule has 1 heterocycles. The van der Waals surface area contributed by atoms with Crippen molar-refractivity contribution in [3.05, 3.63) is 24.3 Å². The first-order chi connectivity index (χ1) is 9.56. The summed E-state index contributed by atoms with van der Waals surface area (Å²) in [6.07, 6.45) is -6.44. The monoisotopic (exact) mass is 286 g/mol. The highest BCUT2D eigenvalue weighted by Gasteiger charge is 2.44. The molecule has 0 bridgehead atoms. The summed E-state index contributed by atoms with van der Waals surface area (Å²) in [5.74, 6) is 1.04. The fourth-order valence-corrected chi connectivity index (χ4v) is 1.95. The normalized spacial score (nSPS) is 33.8. The van der Waals surface area contributed by atoms with Crippen LogP contribution in [-0.4, -0.2) is 64.8 Å². The van der Waals surface area contributed by atoms with Crippen molar-refractivity contribution in [1.29, 1.82) is 0 Å². The topological polar surface area (TPSA) is 109 Å². The van der Waals surface area contributed by atoms with Crippen molar-refractivity contribution < 1.29 is 34.6 Å². The van der Waals surface area contributed by atoms with Crippen LogP contribution in [0.5, 0.6) is 11.5 Å². The molecule has 1 aliphatic heterocycles. The summed E-state index contributed by atoms with van der Waals surface area (Å²) in [6.45, 7) is -0.493. The lowest BCUT2D eigenvalue weighted by atomic mass is 9.99. The van der Waals surface area contributed by atoms with Crippen molar-refractivity contribution in [1.82, 2.24) is 0 Å². The Labute approximate surface area is 115 Å². The molecule has 20 heavy (non-hydrogen) atoms.